The van der Waals surface area contributed by atoms with Crippen molar-refractivity contribution in [3.8, 4) is 16.6 Å². The van der Waals surface area contributed by atoms with Gasteiger partial charge in [-0.15, -0.1) is 5.10 Å². The van der Waals surface area contributed by atoms with Crippen LogP contribution in [0.2, 0.25) is 5.02 Å². The van der Waals surface area contributed by atoms with Crippen molar-refractivity contribution < 1.29 is 14.3 Å². The molecule has 0 unspecified atom stereocenters. The molecule has 4 aromatic rings. The zero-order valence-electron chi connectivity index (χ0n) is 15.8. The molecular weight excluding hydrogens is 426 g/mol. The van der Waals surface area contributed by atoms with Crippen LogP contribution in [0.25, 0.3) is 5.69 Å². The molecule has 4 rings (SSSR count). The van der Waals surface area contributed by atoms with Gasteiger partial charge in [-0.1, -0.05) is 34.9 Å². The van der Waals surface area contributed by atoms with Crippen LogP contribution < -0.4 is 14.8 Å². The summed E-state index contributed by atoms with van der Waals surface area (Å²) in [4.78, 5) is 16.8. The third-order valence-electron chi connectivity index (χ3n) is 4.11. The standard InChI is InChI=1S/C20H16ClN5O3S/c1-28-16-4-2-3-15(9-16)26-12-22-10-17(26)18(27)23-19-24-25-20(30-19)29-11-13-5-7-14(21)8-6-13/h2-10,12H,11H2,1H3,(H,23,24,27). The van der Waals surface area contributed by atoms with Gasteiger partial charge in [-0.2, -0.15) is 0 Å². The fourth-order valence-corrected chi connectivity index (χ4v) is 3.35. The van der Waals surface area contributed by atoms with Crippen molar-refractivity contribution in [1.82, 2.24) is 19.7 Å². The molecule has 0 atom stereocenters. The fourth-order valence-electron chi connectivity index (χ4n) is 2.63. The Morgan fingerprint density at radius 2 is 2.03 bits per heavy atom. The first kappa shape index (κ1) is 19.9. The summed E-state index contributed by atoms with van der Waals surface area (Å²) in [5, 5.41) is 12.0. The number of nitrogens with one attached hydrogen (secondary N) is 1. The molecule has 0 bridgehead atoms. The summed E-state index contributed by atoms with van der Waals surface area (Å²) in [6.45, 7) is 0.322. The molecule has 30 heavy (non-hydrogen) atoms. The SMILES string of the molecule is COc1cccc(-n2cncc2C(=O)Nc2nnc(OCc3ccc(Cl)cc3)s2)c1. The van der Waals surface area contributed by atoms with Gasteiger partial charge in [-0.3, -0.25) is 14.7 Å². The van der Waals surface area contributed by atoms with Gasteiger partial charge in [0, 0.05) is 11.1 Å². The van der Waals surface area contributed by atoms with E-state index in [2.05, 4.69) is 20.5 Å². The fraction of sp³-hybridized carbons (Fsp3) is 0.100. The van der Waals surface area contributed by atoms with Gasteiger partial charge in [0.2, 0.25) is 5.13 Å². The van der Waals surface area contributed by atoms with Gasteiger partial charge in [-0.05, 0) is 41.2 Å². The number of amides is 1. The molecule has 152 valence electrons. The Bertz CT molecular complexity index is 1160. The van der Waals surface area contributed by atoms with Crippen molar-refractivity contribution in [3.05, 3.63) is 77.3 Å². The molecule has 0 aliphatic rings. The van der Waals surface area contributed by atoms with Gasteiger partial charge in [0.15, 0.2) is 0 Å². The predicted molar refractivity (Wildman–Crippen MR) is 114 cm³/mol. The molecule has 2 aromatic carbocycles. The molecule has 0 aliphatic carbocycles. The van der Waals surface area contributed by atoms with E-state index in [1.165, 1.54) is 6.20 Å². The number of methoxy groups -OCH3 is 1. The number of hydrogen-bond donors (Lipinski definition) is 1. The Morgan fingerprint density at radius 3 is 2.83 bits per heavy atom. The molecule has 0 spiro atoms. The molecule has 0 fully saturated rings. The minimum Gasteiger partial charge on any atom is -0.497 e. The van der Waals surface area contributed by atoms with E-state index in [4.69, 9.17) is 21.1 Å². The van der Waals surface area contributed by atoms with Crippen molar-refractivity contribution in [2.45, 2.75) is 6.61 Å². The highest BCUT2D eigenvalue weighted by atomic mass is 35.5. The molecule has 2 aromatic heterocycles. The number of anilines is 1. The number of hydrogen-bond acceptors (Lipinski definition) is 7. The summed E-state index contributed by atoms with van der Waals surface area (Å²) in [7, 11) is 1.59. The van der Waals surface area contributed by atoms with Gasteiger partial charge in [0.05, 0.1) is 25.3 Å². The van der Waals surface area contributed by atoms with Gasteiger partial charge < -0.3 is 9.47 Å². The average molecular weight is 442 g/mol. The van der Waals surface area contributed by atoms with Crippen LogP contribution in [0.4, 0.5) is 5.13 Å². The second-order valence-electron chi connectivity index (χ2n) is 6.09. The number of carbonyl (C=O) groups excluding carboxylic acids is 1. The summed E-state index contributed by atoms with van der Waals surface area (Å²) >= 11 is 7.01. The zero-order chi connectivity index (χ0) is 20.9. The normalized spacial score (nSPS) is 10.6. The van der Waals surface area contributed by atoms with E-state index in [9.17, 15) is 4.79 Å². The second-order valence-corrected chi connectivity index (χ2v) is 7.47. The molecule has 1 amide bonds. The average Bonchev–Trinajstić information content (AvgIpc) is 3.43. The highest BCUT2D eigenvalue weighted by molar-refractivity contribution is 7.17. The van der Waals surface area contributed by atoms with Crippen molar-refractivity contribution in [3.63, 3.8) is 0 Å². The number of aromatic nitrogens is 4. The maximum atomic E-state index is 12.7. The first-order chi connectivity index (χ1) is 14.6. The van der Waals surface area contributed by atoms with Gasteiger partial charge in [0.1, 0.15) is 18.1 Å². The smallest absolute Gasteiger partial charge is 0.296 e. The van der Waals surface area contributed by atoms with Crippen LogP contribution in [0, 0.1) is 0 Å². The monoisotopic (exact) mass is 441 g/mol. The number of imidazole rings is 1. The summed E-state index contributed by atoms with van der Waals surface area (Å²) in [6.07, 6.45) is 3.04. The van der Waals surface area contributed by atoms with Crippen molar-refractivity contribution in [1.29, 1.82) is 0 Å². The predicted octanol–water partition coefficient (Wildman–Crippen LogP) is 4.22. The minimum atomic E-state index is -0.365. The van der Waals surface area contributed by atoms with Gasteiger partial charge in [-0.25, -0.2) is 4.98 Å². The number of ether oxygens (including phenoxy) is 2. The molecule has 2 heterocycles. The maximum Gasteiger partial charge on any atom is 0.296 e. The Balaban J connectivity index is 1.42. The lowest BCUT2D eigenvalue weighted by Gasteiger charge is -2.09. The van der Waals surface area contributed by atoms with E-state index in [0.717, 1.165) is 22.6 Å². The summed E-state index contributed by atoms with van der Waals surface area (Å²) in [6, 6.07) is 14.6. The first-order valence-corrected chi connectivity index (χ1v) is 10.0. The molecule has 10 heteroatoms. The number of carbonyl (C=O) groups is 1. The molecule has 8 nitrogen and oxygen atoms in total. The van der Waals surface area contributed by atoms with Crippen molar-refractivity contribution in [2.75, 3.05) is 12.4 Å². The first-order valence-electron chi connectivity index (χ1n) is 8.81. The lowest BCUT2D eigenvalue weighted by molar-refractivity contribution is 0.102. The van der Waals surface area contributed by atoms with Crippen LogP contribution >= 0.6 is 22.9 Å². The molecule has 0 saturated heterocycles. The van der Waals surface area contributed by atoms with Gasteiger partial charge in [0.25, 0.3) is 11.1 Å². The number of rotatable bonds is 7. The van der Waals surface area contributed by atoms with Crippen LogP contribution in [-0.2, 0) is 6.61 Å². The van der Waals surface area contributed by atoms with E-state index >= 15 is 0 Å². The van der Waals surface area contributed by atoms with Crippen molar-refractivity contribution in [2.24, 2.45) is 0 Å². The second kappa shape index (κ2) is 8.93. The molecule has 0 saturated carbocycles. The van der Waals surface area contributed by atoms with Crippen LogP contribution in [-0.4, -0.2) is 32.8 Å². The topological polar surface area (TPSA) is 91.2 Å². The minimum absolute atomic E-state index is 0.322. The summed E-state index contributed by atoms with van der Waals surface area (Å²) in [5.74, 6) is 0.315. The number of benzene rings is 2. The van der Waals surface area contributed by atoms with E-state index in [-0.39, 0.29) is 5.91 Å². The van der Waals surface area contributed by atoms with E-state index in [1.54, 1.807) is 30.1 Å². The Kier molecular flexibility index (Phi) is 5.92. The third kappa shape index (κ3) is 4.58. The number of nitrogens with zero attached hydrogens (tertiary/aromatic N) is 4. The molecular formula is C20H16ClN5O3S. The van der Waals surface area contributed by atoms with E-state index in [0.29, 0.717) is 33.4 Å². The zero-order valence-corrected chi connectivity index (χ0v) is 17.4. The largest absolute Gasteiger partial charge is 0.497 e. The maximum absolute atomic E-state index is 12.7. The lowest BCUT2D eigenvalue weighted by atomic mass is 10.2. The summed E-state index contributed by atoms with van der Waals surface area (Å²) in [5.41, 5.74) is 2.05. The van der Waals surface area contributed by atoms with Crippen LogP contribution in [0.1, 0.15) is 16.1 Å². The third-order valence-corrected chi connectivity index (χ3v) is 5.11. The van der Waals surface area contributed by atoms with E-state index in [1.807, 2.05) is 36.4 Å². The lowest BCUT2D eigenvalue weighted by Crippen LogP contribution is -2.16. The molecule has 1 N–H and O–H groups in total. The Morgan fingerprint density at radius 1 is 1.20 bits per heavy atom. The molecule has 0 radical (unpaired) electrons. The highest BCUT2D eigenvalue weighted by Crippen LogP contribution is 2.24. The number of halogens is 1. The van der Waals surface area contributed by atoms with Gasteiger partial charge >= 0.3 is 0 Å². The van der Waals surface area contributed by atoms with Crippen LogP contribution in [0.15, 0.2) is 61.1 Å². The van der Waals surface area contributed by atoms with Crippen molar-refractivity contribution >= 4 is 34.0 Å². The van der Waals surface area contributed by atoms with E-state index < -0.39 is 0 Å². The van der Waals surface area contributed by atoms with Crippen LogP contribution in [0.5, 0.6) is 10.9 Å². The van der Waals surface area contributed by atoms with Crippen LogP contribution in [0.3, 0.4) is 0 Å². The molecule has 0 aliphatic heterocycles. The quantitative estimate of drug-likeness (QED) is 0.461. The summed E-state index contributed by atoms with van der Waals surface area (Å²) < 4.78 is 12.5. The highest BCUT2D eigenvalue weighted by Gasteiger charge is 2.16. The Labute approximate surface area is 181 Å². The Hall–Kier alpha value is -3.43.